The summed E-state index contributed by atoms with van der Waals surface area (Å²) < 4.78 is 45.7. The van der Waals surface area contributed by atoms with Crippen molar-refractivity contribution in [2.24, 2.45) is 16.5 Å². The minimum Gasteiger partial charge on any atom is -0.508 e. The van der Waals surface area contributed by atoms with Gasteiger partial charge in [-0.25, -0.2) is 9.51 Å². The van der Waals surface area contributed by atoms with Crippen molar-refractivity contribution >= 4 is 22.7 Å². The number of phenolic OH excluding ortho intramolecular Hbond substituents is 1. The van der Waals surface area contributed by atoms with Crippen molar-refractivity contribution in [1.82, 2.24) is 9.61 Å². The molecule has 0 saturated heterocycles. The van der Waals surface area contributed by atoms with Crippen molar-refractivity contribution in [3.8, 4) is 22.6 Å². The van der Waals surface area contributed by atoms with E-state index < -0.39 is 0 Å². The average molecular weight is 807 g/mol. The third-order valence-electron chi connectivity index (χ3n) is 9.90. The monoisotopic (exact) mass is 806 g/mol. The number of aromatic hydroxyl groups is 1. The summed E-state index contributed by atoms with van der Waals surface area (Å²) in [6.07, 6.45) is 7.36. The number of phenols is 1. The van der Waals surface area contributed by atoms with Gasteiger partial charge in [0, 0.05) is 30.5 Å². The predicted molar refractivity (Wildman–Crippen MR) is 225 cm³/mol. The summed E-state index contributed by atoms with van der Waals surface area (Å²) in [4.78, 5) is 4.79. The number of nitrogens with zero attached hydrogens (tertiary/aromatic N) is 3. The number of anilines is 1. The highest BCUT2D eigenvalue weighted by atomic mass is 16.6. The average Bonchev–Trinajstić information content (AvgIpc) is 3.81. The van der Waals surface area contributed by atoms with Gasteiger partial charge in [0.2, 0.25) is 0 Å². The number of aromatic nitrogens is 2. The summed E-state index contributed by atoms with van der Waals surface area (Å²) in [5, 5.41) is 18.5. The molecule has 2 atom stereocenters. The molecule has 4 aromatic rings. The number of benzene rings is 2. The molecule has 0 aliphatic heterocycles. The van der Waals surface area contributed by atoms with Crippen LogP contribution in [0.3, 0.4) is 0 Å². The highest BCUT2D eigenvalue weighted by molar-refractivity contribution is 6.06. The third-order valence-corrected chi connectivity index (χ3v) is 9.90. The number of aryl methyl sites for hydroxylation is 1. The van der Waals surface area contributed by atoms with Crippen molar-refractivity contribution in [3.05, 3.63) is 72.1 Å². The first-order valence-electron chi connectivity index (χ1n) is 20.2. The van der Waals surface area contributed by atoms with E-state index in [0.717, 1.165) is 52.9 Å². The minimum absolute atomic E-state index is 0.0489. The van der Waals surface area contributed by atoms with Crippen LogP contribution in [0.25, 0.3) is 16.6 Å². The Balaban J connectivity index is 1.04. The van der Waals surface area contributed by atoms with E-state index in [2.05, 4.69) is 18.3 Å². The zero-order valence-electron chi connectivity index (χ0n) is 34.3. The second-order valence-electron chi connectivity index (χ2n) is 14.3. The lowest BCUT2D eigenvalue weighted by molar-refractivity contribution is -0.0199. The lowest BCUT2D eigenvalue weighted by Crippen LogP contribution is -2.48. The molecule has 15 heteroatoms. The molecule has 1 aliphatic carbocycles. The Morgan fingerprint density at radius 2 is 1.41 bits per heavy atom. The highest BCUT2D eigenvalue weighted by Gasteiger charge is 2.36. The molecule has 318 valence electrons. The van der Waals surface area contributed by atoms with E-state index in [1.807, 2.05) is 41.9 Å². The second kappa shape index (κ2) is 23.9. The molecule has 2 unspecified atom stereocenters. The van der Waals surface area contributed by atoms with Gasteiger partial charge in [0.25, 0.3) is 0 Å². The molecule has 1 saturated carbocycles. The van der Waals surface area contributed by atoms with E-state index in [1.54, 1.807) is 31.5 Å². The SMILES string of the molecule is CCc1cc(O)ccc1N=C(N)c1cnn2cc(-c3ccc(OCCOCCOCCOCCOCCOCCOCCOC)cc3)cc2c1NC1CCCC1(C)N. The second-order valence-corrected chi connectivity index (χ2v) is 14.3. The molecule has 1 fully saturated rings. The fourth-order valence-corrected chi connectivity index (χ4v) is 6.62. The van der Waals surface area contributed by atoms with Gasteiger partial charge in [-0.2, -0.15) is 5.10 Å². The van der Waals surface area contributed by atoms with Gasteiger partial charge < -0.3 is 59.8 Å². The molecule has 0 amide bonds. The number of amidine groups is 1. The number of ether oxygens (including phenoxy) is 8. The number of rotatable bonds is 28. The maximum Gasteiger partial charge on any atom is 0.135 e. The van der Waals surface area contributed by atoms with Gasteiger partial charge in [0.05, 0.1) is 115 Å². The molecule has 5 rings (SSSR count). The van der Waals surface area contributed by atoms with Crippen molar-refractivity contribution < 1.29 is 43.0 Å². The van der Waals surface area contributed by atoms with Crippen molar-refractivity contribution in [2.75, 3.05) is 105 Å². The van der Waals surface area contributed by atoms with Gasteiger partial charge in [0.15, 0.2) is 0 Å². The molecule has 2 aromatic heterocycles. The van der Waals surface area contributed by atoms with Crippen LogP contribution in [0.15, 0.2) is 65.9 Å². The molecular weight excluding hydrogens is 745 g/mol. The molecule has 0 bridgehead atoms. The van der Waals surface area contributed by atoms with Crippen LogP contribution in [0, 0.1) is 0 Å². The Morgan fingerprint density at radius 1 is 0.828 bits per heavy atom. The number of nitrogens with one attached hydrogen (secondary N) is 1. The summed E-state index contributed by atoms with van der Waals surface area (Å²) in [5.41, 5.74) is 19.1. The molecule has 0 spiro atoms. The van der Waals surface area contributed by atoms with Crippen LogP contribution in [-0.4, -0.2) is 132 Å². The van der Waals surface area contributed by atoms with Crippen molar-refractivity contribution in [3.63, 3.8) is 0 Å². The molecule has 6 N–H and O–H groups in total. The Bertz CT molecular complexity index is 1840. The summed E-state index contributed by atoms with van der Waals surface area (Å²) in [6, 6.07) is 15.2. The standard InChI is InChI=1S/C43H62N6O9/c1-4-32-28-35(50)9-12-38(32)47-42(44)37-30-46-49-31-34(29-39(49)41(37)48-40-6-5-13-43(40,2)45)33-7-10-36(11-8-33)58-27-26-57-25-24-56-23-22-55-21-20-54-19-18-53-17-16-52-15-14-51-3/h7-12,28-31,40,48,50H,4-6,13-27,45H2,1-3H3,(H2,44,47). The lowest BCUT2D eigenvalue weighted by atomic mass is 9.96. The molecular formula is C43H62N6O9. The van der Waals surface area contributed by atoms with E-state index in [1.165, 1.54) is 0 Å². The Hall–Kier alpha value is -4.32. The van der Waals surface area contributed by atoms with E-state index in [9.17, 15) is 5.11 Å². The topological polar surface area (TPSA) is 188 Å². The van der Waals surface area contributed by atoms with Crippen molar-refractivity contribution in [1.29, 1.82) is 0 Å². The van der Waals surface area contributed by atoms with Gasteiger partial charge >= 0.3 is 0 Å². The van der Waals surface area contributed by atoms with Crippen LogP contribution < -0.4 is 21.5 Å². The van der Waals surface area contributed by atoms with Gasteiger partial charge in [-0.1, -0.05) is 19.1 Å². The maximum absolute atomic E-state index is 10.0. The van der Waals surface area contributed by atoms with Crippen LogP contribution in [0.2, 0.25) is 0 Å². The molecule has 58 heavy (non-hydrogen) atoms. The van der Waals surface area contributed by atoms with E-state index in [-0.39, 0.29) is 17.3 Å². The van der Waals surface area contributed by atoms with Crippen LogP contribution in [0.1, 0.15) is 44.2 Å². The zero-order chi connectivity index (χ0) is 41.0. The molecule has 2 heterocycles. The number of hydrogen-bond acceptors (Lipinski definition) is 13. The first kappa shape index (κ1) is 44.8. The fraction of sp³-hybridized carbons (Fsp3) is 0.535. The Labute approximate surface area is 341 Å². The van der Waals surface area contributed by atoms with Gasteiger partial charge in [-0.05, 0) is 80.1 Å². The van der Waals surface area contributed by atoms with Crippen LogP contribution in [0.4, 0.5) is 11.4 Å². The van der Waals surface area contributed by atoms with E-state index >= 15 is 0 Å². The van der Waals surface area contributed by atoms with Crippen LogP contribution >= 0.6 is 0 Å². The maximum atomic E-state index is 10.0. The Kier molecular flexibility index (Phi) is 18.5. The van der Waals surface area contributed by atoms with E-state index in [0.29, 0.717) is 116 Å². The third kappa shape index (κ3) is 13.9. The summed E-state index contributed by atoms with van der Waals surface area (Å²) >= 11 is 0. The molecule has 15 nitrogen and oxygen atoms in total. The number of aliphatic imine (C=N–C) groups is 1. The lowest BCUT2D eigenvalue weighted by Gasteiger charge is -2.29. The summed E-state index contributed by atoms with van der Waals surface area (Å²) in [6.45, 7) is 11.2. The van der Waals surface area contributed by atoms with Gasteiger partial charge in [0.1, 0.15) is 23.9 Å². The summed E-state index contributed by atoms with van der Waals surface area (Å²) in [7, 11) is 1.65. The largest absolute Gasteiger partial charge is 0.508 e. The van der Waals surface area contributed by atoms with Gasteiger partial charge in [-0.3, -0.25) is 0 Å². The number of nitrogens with two attached hydrogens (primary N) is 2. The first-order valence-corrected chi connectivity index (χ1v) is 20.2. The summed E-state index contributed by atoms with van der Waals surface area (Å²) in [5.74, 6) is 1.27. The minimum atomic E-state index is -0.371. The van der Waals surface area contributed by atoms with E-state index in [4.69, 9.17) is 59.5 Å². The van der Waals surface area contributed by atoms with Crippen molar-refractivity contribution in [2.45, 2.75) is 51.1 Å². The predicted octanol–water partition coefficient (Wildman–Crippen LogP) is 5.11. The molecule has 0 radical (unpaired) electrons. The zero-order valence-corrected chi connectivity index (χ0v) is 34.3. The highest BCUT2D eigenvalue weighted by Crippen LogP contribution is 2.35. The number of fused-ring (bicyclic) bond motifs is 1. The normalized spacial score (nSPS) is 17.0. The van der Waals surface area contributed by atoms with Crippen LogP contribution in [0.5, 0.6) is 11.5 Å². The quantitative estimate of drug-likeness (QED) is 0.0337. The number of hydrogen-bond donors (Lipinski definition) is 4. The fourth-order valence-electron chi connectivity index (χ4n) is 6.62. The smallest absolute Gasteiger partial charge is 0.135 e. The molecule has 2 aromatic carbocycles. The number of methoxy groups -OCH3 is 1. The van der Waals surface area contributed by atoms with Gasteiger partial charge in [-0.15, -0.1) is 0 Å². The Morgan fingerprint density at radius 3 is 1.97 bits per heavy atom. The first-order chi connectivity index (χ1) is 28.3. The van der Waals surface area contributed by atoms with Crippen LogP contribution in [-0.2, 0) is 39.6 Å². The molecule has 1 aliphatic rings.